The van der Waals surface area contributed by atoms with Crippen LogP contribution < -0.4 is 11.5 Å². The van der Waals surface area contributed by atoms with Gasteiger partial charge in [0.05, 0.1) is 18.8 Å². The smallest absolute Gasteiger partial charge is 0.241 e. The van der Waals surface area contributed by atoms with Crippen molar-refractivity contribution >= 4 is 5.91 Å². The molecule has 0 aromatic carbocycles. The molecule has 1 saturated heterocycles. The van der Waals surface area contributed by atoms with Gasteiger partial charge >= 0.3 is 0 Å². The number of likely N-dealkylation sites (tertiary alicyclic amines) is 1. The number of carbonyl (C=O) groups excluding carboxylic acids is 1. The fraction of sp³-hybridized carbons (Fsp3) is 0.900. The van der Waals surface area contributed by atoms with Gasteiger partial charge in [-0.15, -0.1) is 0 Å². The highest BCUT2D eigenvalue weighted by Gasteiger charge is 2.38. The summed E-state index contributed by atoms with van der Waals surface area (Å²) < 4.78 is 13.0. The lowest BCUT2D eigenvalue weighted by atomic mass is 9.86. The van der Waals surface area contributed by atoms with Crippen molar-refractivity contribution in [1.82, 2.24) is 4.90 Å². The van der Waals surface area contributed by atoms with Crippen molar-refractivity contribution in [1.29, 1.82) is 0 Å². The zero-order valence-corrected chi connectivity index (χ0v) is 9.53. The Hall–Kier alpha value is -0.680. The number of carbonyl (C=O) groups is 1. The van der Waals surface area contributed by atoms with E-state index in [0.29, 0.717) is 0 Å². The van der Waals surface area contributed by atoms with Crippen molar-refractivity contribution < 1.29 is 9.18 Å². The molecule has 5 heteroatoms. The molecule has 1 aliphatic rings. The molecule has 1 aliphatic heterocycles. The maximum atomic E-state index is 13.0. The monoisotopic (exact) mass is 217 g/mol. The van der Waals surface area contributed by atoms with E-state index in [4.69, 9.17) is 11.5 Å². The molecule has 1 amide bonds. The maximum Gasteiger partial charge on any atom is 0.241 e. The van der Waals surface area contributed by atoms with E-state index >= 15 is 0 Å². The largest absolute Gasteiger partial charge is 0.323 e. The normalized spacial score (nSPS) is 29.3. The Labute approximate surface area is 89.8 Å². The average molecular weight is 217 g/mol. The predicted molar refractivity (Wildman–Crippen MR) is 56.6 cm³/mol. The number of alkyl halides is 1. The van der Waals surface area contributed by atoms with Crippen molar-refractivity contribution in [2.45, 2.75) is 45.6 Å². The molecule has 1 fully saturated rings. The molecule has 1 rings (SSSR count). The van der Waals surface area contributed by atoms with Gasteiger partial charge in [-0.1, -0.05) is 20.8 Å². The molecule has 88 valence electrons. The van der Waals surface area contributed by atoms with Crippen LogP contribution in [0.25, 0.3) is 0 Å². The molecule has 0 aliphatic carbocycles. The molecule has 1 heterocycles. The first-order valence-electron chi connectivity index (χ1n) is 5.19. The molecular weight excluding hydrogens is 197 g/mol. The number of nitrogens with zero attached hydrogens (tertiary/aromatic N) is 1. The van der Waals surface area contributed by atoms with Crippen LogP contribution >= 0.6 is 0 Å². The first-order valence-corrected chi connectivity index (χ1v) is 5.19. The van der Waals surface area contributed by atoms with E-state index in [-0.39, 0.29) is 24.3 Å². The van der Waals surface area contributed by atoms with Crippen LogP contribution in [-0.2, 0) is 4.79 Å². The Morgan fingerprint density at radius 2 is 2.07 bits per heavy atom. The highest BCUT2D eigenvalue weighted by atomic mass is 19.1. The van der Waals surface area contributed by atoms with Crippen LogP contribution in [0.1, 0.15) is 27.2 Å². The summed E-state index contributed by atoms with van der Waals surface area (Å²) in [5.41, 5.74) is 11.1. The van der Waals surface area contributed by atoms with Crippen molar-refractivity contribution in [2.75, 3.05) is 6.54 Å². The van der Waals surface area contributed by atoms with Gasteiger partial charge in [-0.3, -0.25) is 4.79 Å². The molecule has 0 unspecified atom stereocenters. The number of hydrogen-bond donors (Lipinski definition) is 2. The molecule has 3 atom stereocenters. The quantitative estimate of drug-likeness (QED) is 0.659. The molecule has 15 heavy (non-hydrogen) atoms. The lowest BCUT2D eigenvalue weighted by Crippen LogP contribution is -2.53. The Kier molecular flexibility index (Phi) is 3.35. The van der Waals surface area contributed by atoms with Gasteiger partial charge in [-0.25, -0.2) is 4.39 Å². The fourth-order valence-corrected chi connectivity index (χ4v) is 1.62. The second-order valence-electron chi connectivity index (χ2n) is 5.23. The number of nitrogens with two attached hydrogens (primary N) is 2. The lowest BCUT2D eigenvalue weighted by molar-refractivity contribution is -0.135. The highest BCUT2D eigenvalue weighted by molar-refractivity contribution is 5.83. The predicted octanol–water partition coefficient (Wildman–Crippen LogP) is 0.215. The Morgan fingerprint density at radius 3 is 2.40 bits per heavy atom. The maximum absolute atomic E-state index is 13.0. The first kappa shape index (κ1) is 12.4. The Morgan fingerprint density at radius 1 is 1.53 bits per heavy atom. The third-order valence-electron chi connectivity index (χ3n) is 2.77. The molecule has 0 spiro atoms. The van der Waals surface area contributed by atoms with Gasteiger partial charge in [0.25, 0.3) is 0 Å². The zero-order chi connectivity index (χ0) is 11.8. The Balaban J connectivity index is 2.69. The van der Waals surface area contributed by atoms with Gasteiger partial charge in [0.2, 0.25) is 5.91 Å². The van der Waals surface area contributed by atoms with Gasteiger partial charge in [0.15, 0.2) is 0 Å². The minimum Gasteiger partial charge on any atom is -0.323 e. The molecule has 4 nitrogen and oxygen atoms in total. The van der Waals surface area contributed by atoms with Crippen LogP contribution in [0.15, 0.2) is 0 Å². The van der Waals surface area contributed by atoms with Crippen LogP contribution in [-0.4, -0.2) is 35.7 Å². The molecule has 0 aromatic rings. The third kappa shape index (κ3) is 2.66. The number of hydrogen-bond acceptors (Lipinski definition) is 3. The van der Waals surface area contributed by atoms with E-state index in [9.17, 15) is 9.18 Å². The standard InChI is InChI=1S/C10H20FN3O/c1-10(2,3)8(13)9(15)14-5-6(11)4-7(14)12/h6-8H,4-5,12-13H2,1-3H3/t6-,7-,8+/m0/s1. The second-order valence-corrected chi connectivity index (χ2v) is 5.23. The van der Waals surface area contributed by atoms with Crippen LogP contribution in [0.3, 0.4) is 0 Å². The van der Waals surface area contributed by atoms with Crippen molar-refractivity contribution in [2.24, 2.45) is 16.9 Å². The van der Waals surface area contributed by atoms with Gasteiger partial charge in [0, 0.05) is 6.42 Å². The fourth-order valence-electron chi connectivity index (χ4n) is 1.62. The summed E-state index contributed by atoms with van der Waals surface area (Å²) in [6, 6.07) is -0.631. The Bertz CT molecular complexity index is 252. The molecule has 4 N–H and O–H groups in total. The highest BCUT2D eigenvalue weighted by Crippen LogP contribution is 2.23. The van der Waals surface area contributed by atoms with E-state index in [0.717, 1.165) is 0 Å². The van der Waals surface area contributed by atoms with Crippen molar-refractivity contribution in [3.05, 3.63) is 0 Å². The summed E-state index contributed by atoms with van der Waals surface area (Å²) in [6.07, 6.45) is -1.33. The van der Waals surface area contributed by atoms with E-state index in [1.807, 2.05) is 20.8 Å². The van der Waals surface area contributed by atoms with Gasteiger partial charge in [-0.05, 0) is 5.41 Å². The lowest BCUT2D eigenvalue weighted by Gasteiger charge is -2.31. The van der Waals surface area contributed by atoms with Crippen LogP contribution in [0.4, 0.5) is 4.39 Å². The molecule has 0 saturated carbocycles. The zero-order valence-electron chi connectivity index (χ0n) is 9.53. The SMILES string of the molecule is CC(C)(C)[C@H](N)C(=O)N1C[C@@H](F)C[C@H]1N. The van der Waals surface area contributed by atoms with Crippen molar-refractivity contribution in [3.63, 3.8) is 0 Å². The van der Waals surface area contributed by atoms with E-state index in [1.165, 1.54) is 4.90 Å². The number of rotatable bonds is 1. The van der Waals surface area contributed by atoms with Crippen LogP contribution in [0.2, 0.25) is 0 Å². The summed E-state index contributed by atoms with van der Waals surface area (Å²) in [6.45, 7) is 5.71. The molecule has 0 aromatic heterocycles. The van der Waals surface area contributed by atoms with Crippen LogP contribution in [0.5, 0.6) is 0 Å². The molecule has 0 radical (unpaired) electrons. The summed E-state index contributed by atoms with van der Waals surface area (Å²) in [5, 5.41) is 0. The summed E-state index contributed by atoms with van der Waals surface area (Å²) in [4.78, 5) is 13.2. The van der Waals surface area contributed by atoms with Gasteiger partial charge < -0.3 is 16.4 Å². The topological polar surface area (TPSA) is 72.4 Å². The van der Waals surface area contributed by atoms with Crippen molar-refractivity contribution in [3.8, 4) is 0 Å². The van der Waals surface area contributed by atoms with Gasteiger partial charge in [-0.2, -0.15) is 0 Å². The van der Waals surface area contributed by atoms with E-state index in [2.05, 4.69) is 0 Å². The van der Waals surface area contributed by atoms with Crippen LogP contribution in [0, 0.1) is 5.41 Å². The number of halogens is 1. The second kappa shape index (κ2) is 4.06. The van der Waals surface area contributed by atoms with Gasteiger partial charge in [0.1, 0.15) is 6.17 Å². The summed E-state index contributed by atoms with van der Waals surface area (Å²) in [5.74, 6) is -0.254. The minimum atomic E-state index is -1.02. The number of amides is 1. The third-order valence-corrected chi connectivity index (χ3v) is 2.77. The summed E-state index contributed by atoms with van der Waals surface area (Å²) in [7, 11) is 0. The first-order chi connectivity index (χ1) is 6.73. The van der Waals surface area contributed by atoms with E-state index < -0.39 is 18.4 Å². The summed E-state index contributed by atoms with van der Waals surface area (Å²) >= 11 is 0. The average Bonchev–Trinajstić information content (AvgIpc) is 2.41. The minimum absolute atomic E-state index is 0.0732. The molecular formula is C10H20FN3O. The molecule has 0 bridgehead atoms. The van der Waals surface area contributed by atoms with E-state index in [1.54, 1.807) is 0 Å².